The number of carbonyl (C=O) groups excluding carboxylic acids is 1. The molecule has 0 atom stereocenters. The molecule has 1 aromatic carbocycles. The maximum absolute atomic E-state index is 11.7. The highest BCUT2D eigenvalue weighted by atomic mass is 16.2. The fraction of sp³-hybridized carbons (Fsp3) is 0.462. The van der Waals surface area contributed by atoms with Crippen LogP contribution in [0.3, 0.4) is 0 Å². The molecule has 0 bridgehead atoms. The van der Waals surface area contributed by atoms with Gasteiger partial charge in [-0.2, -0.15) is 0 Å². The molecule has 0 aliphatic carbocycles. The van der Waals surface area contributed by atoms with E-state index in [1.54, 1.807) is 0 Å². The fourth-order valence-electron chi connectivity index (χ4n) is 2.00. The number of hydrogen-bond donors (Lipinski definition) is 2. The van der Waals surface area contributed by atoms with Gasteiger partial charge in [-0.3, -0.25) is 0 Å². The van der Waals surface area contributed by atoms with Crippen LogP contribution >= 0.6 is 0 Å². The van der Waals surface area contributed by atoms with Crippen molar-refractivity contribution >= 4 is 6.03 Å². The lowest BCUT2D eigenvalue weighted by Crippen LogP contribution is -2.37. The molecule has 0 aromatic heterocycles. The summed E-state index contributed by atoms with van der Waals surface area (Å²) in [5.41, 5.74) is 7.75. The second-order valence-corrected chi connectivity index (χ2v) is 4.37. The Morgan fingerprint density at radius 2 is 1.76 bits per heavy atom. The molecule has 1 heterocycles. The Bertz CT molecular complexity index is 369. The van der Waals surface area contributed by atoms with Crippen LogP contribution in [0.2, 0.25) is 0 Å². The van der Waals surface area contributed by atoms with Crippen LogP contribution in [-0.2, 0) is 13.1 Å². The normalized spacial score (nSPS) is 15.0. The summed E-state index contributed by atoms with van der Waals surface area (Å²) in [5, 5.41) is 2.93. The lowest BCUT2D eigenvalue weighted by Gasteiger charge is -2.16. The lowest BCUT2D eigenvalue weighted by molar-refractivity contribution is 0.208. The third kappa shape index (κ3) is 3.20. The third-order valence-electron chi connectivity index (χ3n) is 3.10. The molecule has 92 valence electrons. The topological polar surface area (TPSA) is 58.4 Å². The van der Waals surface area contributed by atoms with Crippen LogP contribution in [0, 0.1) is 0 Å². The number of benzene rings is 1. The third-order valence-corrected chi connectivity index (χ3v) is 3.10. The summed E-state index contributed by atoms with van der Waals surface area (Å²) >= 11 is 0. The van der Waals surface area contributed by atoms with E-state index in [-0.39, 0.29) is 6.03 Å². The van der Waals surface area contributed by atoms with Crippen LogP contribution in [0.5, 0.6) is 0 Å². The Kier molecular flexibility index (Phi) is 3.98. The van der Waals surface area contributed by atoms with Crippen LogP contribution in [0.1, 0.15) is 24.0 Å². The highest BCUT2D eigenvalue weighted by Gasteiger charge is 2.16. The van der Waals surface area contributed by atoms with Crippen molar-refractivity contribution in [3.8, 4) is 0 Å². The molecule has 4 heteroatoms. The van der Waals surface area contributed by atoms with Gasteiger partial charge in [0.1, 0.15) is 0 Å². The quantitative estimate of drug-likeness (QED) is 0.830. The molecule has 1 fully saturated rings. The number of hydrogen-bond acceptors (Lipinski definition) is 2. The number of likely N-dealkylation sites (tertiary alicyclic amines) is 1. The van der Waals surface area contributed by atoms with Gasteiger partial charge in [0.15, 0.2) is 0 Å². The molecule has 2 amide bonds. The van der Waals surface area contributed by atoms with Crippen molar-refractivity contribution in [2.24, 2.45) is 5.73 Å². The smallest absolute Gasteiger partial charge is 0.317 e. The van der Waals surface area contributed by atoms with Crippen LogP contribution in [0.4, 0.5) is 4.79 Å². The maximum atomic E-state index is 11.7. The Labute approximate surface area is 102 Å². The number of amides is 2. The van der Waals surface area contributed by atoms with Crippen molar-refractivity contribution < 1.29 is 4.79 Å². The molecule has 1 saturated heterocycles. The van der Waals surface area contributed by atoms with Gasteiger partial charge in [0.25, 0.3) is 0 Å². The van der Waals surface area contributed by atoms with Crippen molar-refractivity contribution in [3.63, 3.8) is 0 Å². The van der Waals surface area contributed by atoms with Gasteiger partial charge >= 0.3 is 6.03 Å². The molecular weight excluding hydrogens is 214 g/mol. The zero-order valence-corrected chi connectivity index (χ0v) is 9.98. The van der Waals surface area contributed by atoms with Crippen LogP contribution in [-0.4, -0.2) is 24.0 Å². The Balaban J connectivity index is 1.82. The van der Waals surface area contributed by atoms with Crippen molar-refractivity contribution in [2.75, 3.05) is 13.1 Å². The molecule has 0 saturated carbocycles. The van der Waals surface area contributed by atoms with E-state index in [9.17, 15) is 4.79 Å². The first-order valence-corrected chi connectivity index (χ1v) is 6.10. The van der Waals surface area contributed by atoms with Crippen molar-refractivity contribution in [1.29, 1.82) is 0 Å². The number of urea groups is 1. The number of nitrogens with zero attached hydrogens (tertiary/aromatic N) is 1. The highest BCUT2D eigenvalue weighted by Crippen LogP contribution is 2.08. The first kappa shape index (κ1) is 11.9. The van der Waals surface area contributed by atoms with Gasteiger partial charge in [-0.1, -0.05) is 24.3 Å². The molecule has 4 nitrogen and oxygen atoms in total. The second kappa shape index (κ2) is 5.68. The summed E-state index contributed by atoms with van der Waals surface area (Å²) in [6.07, 6.45) is 2.25. The van der Waals surface area contributed by atoms with E-state index < -0.39 is 0 Å². The van der Waals surface area contributed by atoms with Crippen LogP contribution in [0.15, 0.2) is 24.3 Å². The fourth-order valence-corrected chi connectivity index (χ4v) is 2.00. The van der Waals surface area contributed by atoms with E-state index in [0.717, 1.165) is 37.1 Å². The first-order valence-electron chi connectivity index (χ1n) is 6.10. The van der Waals surface area contributed by atoms with E-state index in [0.29, 0.717) is 13.1 Å². The van der Waals surface area contributed by atoms with Crippen LogP contribution < -0.4 is 11.1 Å². The predicted octanol–water partition coefficient (Wildman–Crippen LogP) is 1.45. The zero-order valence-electron chi connectivity index (χ0n) is 9.98. The van der Waals surface area contributed by atoms with Gasteiger partial charge in [-0.05, 0) is 24.0 Å². The largest absolute Gasteiger partial charge is 0.334 e. The first-order chi connectivity index (χ1) is 8.29. The number of nitrogens with one attached hydrogen (secondary N) is 1. The monoisotopic (exact) mass is 233 g/mol. The van der Waals surface area contributed by atoms with Crippen molar-refractivity contribution in [3.05, 3.63) is 35.4 Å². The summed E-state index contributed by atoms with van der Waals surface area (Å²) in [4.78, 5) is 13.6. The van der Waals surface area contributed by atoms with E-state index in [4.69, 9.17) is 5.73 Å². The summed E-state index contributed by atoms with van der Waals surface area (Å²) in [6.45, 7) is 2.91. The van der Waals surface area contributed by atoms with Gasteiger partial charge < -0.3 is 16.0 Å². The lowest BCUT2D eigenvalue weighted by atomic mass is 10.1. The molecule has 1 aliphatic rings. The zero-order chi connectivity index (χ0) is 12.1. The minimum Gasteiger partial charge on any atom is -0.334 e. The Hall–Kier alpha value is -1.55. The molecule has 1 aromatic rings. The molecule has 1 aliphatic heterocycles. The number of nitrogens with two attached hydrogens (primary N) is 1. The summed E-state index contributed by atoms with van der Waals surface area (Å²) < 4.78 is 0. The van der Waals surface area contributed by atoms with Crippen molar-refractivity contribution in [1.82, 2.24) is 10.2 Å². The average Bonchev–Trinajstić information content (AvgIpc) is 2.90. The second-order valence-electron chi connectivity index (χ2n) is 4.37. The summed E-state index contributed by atoms with van der Waals surface area (Å²) in [5.74, 6) is 0. The van der Waals surface area contributed by atoms with Gasteiger partial charge in [0.2, 0.25) is 0 Å². The molecule has 0 spiro atoms. The van der Waals surface area contributed by atoms with Crippen LogP contribution in [0.25, 0.3) is 0 Å². The molecule has 3 N–H and O–H groups in total. The Morgan fingerprint density at radius 3 is 2.35 bits per heavy atom. The maximum Gasteiger partial charge on any atom is 0.317 e. The van der Waals surface area contributed by atoms with E-state index in [1.807, 2.05) is 29.2 Å². The molecule has 2 rings (SSSR count). The minimum atomic E-state index is 0.0467. The van der Waals surface area contributed by atoms with Gasteiger partial charge in [0, 0.05) is 26.2 Å². The number of rotatable bonds is 3. The average molecular weight is 233 g/mol. The van der Waals surface area contributed by atoms with Crippen molar-refractivity contribution in [2.45, 2.75) is 25.9 Å². The van der Waals surface area contributed by atoms with E-state index >= 15 is 0 Å². The Morgan fingerprint density at radius 1 is 1.18 bits per heavy atom. The van der Waals surface area contributed by atoms with E-state index in [2.05, 4.69) is 5.32 Å². The highest BCUT2D eigenvalue weighted by molar-refractivity contribution is 5.74. The minimum absolute atomic E-state index is 0.0467. The molecule has 17 heavy (non-hydrogen) atoms. The van der Waals surface area contributed by atoms with E-state index in [1.165, 1.54) is 0 Å². The molecule has 0 unspecified atom stereocenters. The SMILES string of the molecule is NCc1ccc(CNC(=O)N2CCCC2)cc1. The molecular formula is C13H19N3O. The van der Waals surface area contributed by atoms with Gasteiger partial charge in [-0.15, -0.1) is 0 Å². The van der Waals surface area contributed by atoms with Gasteiger partial charge in [0.05, 0.1) is 0 Å². The van der Waals surface area contributed by atoms with Gasteiger partial charge in [-0.25, -0.2) is 4.79 Å². The predicted molar refractivity (Wildman–Crippen MR) is 67.4 cm³/mol. The summed E-state index contributed by atoms with van der Waals surface area (Å²) in [7, 11) is 0. The number of carbonyl (C=O) groups is 1. The summed E-state index contributed by atoms with van der Waals surface area (Å²) in [6, 6.07) is 8.05. The molecule has 0 radical (unpaired) electrons. The standard InChI is InChI=1S/C13H19N3O/c14-9-11-3-5-12(6-4-11)10-15-13(17)16-7-1-2-8-16/h3-6H,1-2,7-10,14H2,(H,15,17).